The van der Waals surface area contributed by atoms with E-state index in [1.165, 1.54) is 0 Å². The maximum atomic E-state index is 5.24. The average molecular weight is 258 g/mol. The van der Waals surface area contributed by atoms with Crippen molar-refractivity contribution in [3.05, 3.63) is 41.8 Å². The molecule has 90 valence electrons. The smallest absolute Gasteiger partial charge is 0.268 e. The van der Waals surface area contributed by atoms with Crippen molar-refractivity contribution >= 4 is 11.3 Å². The third kappa shape index (κ3) is 2.00. The Morgan fingerprint density at radius 1 is 1.17 bits per heavy atom. The first-order valence-electron chi connectivity index (χ1n) is 5.39. The summed E-state index contributed by atoms with van der Waals surface area (Å²) in [6.07, 6.45) is 0. The largest absolute Gasteiger partial charge is 0.497 e. The Labute approximate surface area is 108 Å². The van der Waals surface area contributed by atoms with E-state index in [4.69, 9.17) is 9.26 Å². The molecule has 4 nitrogen and oxygen atoms in total. The number of methoxy groups -OCH3 is 1. The van der Waals surface area contributed by atoms with Gasteiger partial charge in [-0.25, -0.2) is 0 Å². The molecule has 0 radical (unpaired) electrons. The highest BCUT2D eigenvalue weighted by Gasteiger charge is 2.10. The van der Waals surface area contributed by atoms with E-state index in [9.17, 15) is 0 Å². The fraction of sp³-hybridized carbons (Fsp3) is 0.0769. The molecule has 2 aromatic heterocycles. The Balaban J connectivity index is 1.92. The minimum Gasteiger partial charge on any atom is -0.497 e. The maximum Gasteiger partial charge on any atom is 0.268 e. The number of rotatable bonds is 3. The van der Waals surface area contributed by atoms with E-state index in [1.807, 2.05) is 41.8 Å². The average Bonchev–Trinajstić information content (AvgIpc) is 3.09. The van der Waals surface area contributed by atoms with Crippen molar-refractivity contribution in [2.45, 2.75) is 0 Å². The number of nitrogens with zero attached hydrogens (tertiary/aromatic N) is 2. The van der Waals surface area contributed by atoms with Crippen LogP contribution >= 0.6 is 11.3 Å². The fourth-order valence-electron chi connectivity index (χ4n) is 1.58. The minimum atomic E-state index is 0.552. The summed E-state index contributed by atoms with van der Waals surface area (Å²) in [7, 11) is 1.64. The van der Waals surface area contributed by atoms with Gasteiger partial charge in [-0.05, 0) is 35.7 Å². The molecule has 3 rings (SSSR count). The fourth-order valence-corrected chi connectivity index (χ4v) is 2.23. The zero-order chi connectivity index (χ0) is 12.4. The van der Waals surface area contributed by atoms with Gasteiger partial charge in [0.1, 0.15) is 5.75 Å². The molecule has 0 aliphatic heterocycles. The van der Waals surface area contributed by atoms with Gasteiger partial charge < -0.3 is 9.26 Å². The van der Waals surface area contributed by atoms with Crippen molar-refractivity contribution in [1.29, 1.82) is 0 Å². The first kappa shape index (κ1) is 11.0. The van der Waals surface area contributed by atoms with Crippen LogP contribution in [0.25, 0.3) is 22.2 Å². The van der Waals surface area contributed by atoms with Crippen molar-refractivity contribution in [2.75, 3.05) is 7.11 Å². The van der Waals surface area contributed by atoms with Crippen molar-refractivity contribution in [2.24, 2.45) is 0 Å². The van der Waals surface area contributed by atoms with Crippen molar-refractivity contribution in [3.8, 4) is 27.9 Å². The molecule has 0 saturated carbocycles. The number of ether oxygens (including phenoxy) is 1. The normalized spacial score (nSPS) is 10.5. The highest BCUT2D eigenvalue weighted by atomic mass is 32.1. The van der Waals surface area contributed by atoms with Crippen molar-refractivity contribution in [1.82, 2.24) is 10.1 Å². The van der Waals surface area contributed by atoms with Crippen LogP contribution in [0.2, 0.25) is 0 Å². The van der Waals surface area contributed by atoms with Crippen molar-refractivity contribution < 1.29 is 9.26 Å². The van der Waals surface area contributed by atoms with E-state index in [-0.39, 0.29) is 0 Å². The highest BCUT2D eigenvalue weighted by Crippen LogP contribution is 2.26. The Morgan fingerprint density at radius 2 is 2.00 bits per heavy atom. The summed E-state index contributed by atoms with van der Waals surface area (Å²) in [5, 5.41) is 5.96. The topological polar surface area (TPSA) is 48.2 Å². The lowest BCUT2D eigenvalue weighted by molar-refractivity contribution is 0.415. The SMILES string of the molecule is COc1ccc(-c2noc(-c3cccs3)n2)cc1. The van der Waals surface area contributed by atoms with Crippen molar-refractivity contribution in [3.63, 3.8) is 0 Å². The van der Waals surface area contributed by atoms with Gasteiger partial charge in [0.15, 0.2) is 0 Å². The molecular formula is C13H10N2O2S. The summed E-state index contributed by atoms with van der Waals surface area (Å²) in [4.78, 5) is 5.34. The Kier molecular flexibility index (Phi) is 2.82. The molecule has 2 heterocycles. The first-order valence-corrected chi connectivity index (χ1v) is 6.27. The predicted molar refractivity (Wildman–Crippen MR) is 69.6 cm³/mol. The molecule has 0 fully saturated rings. The summed E-state index contributed by atoms with van der Waals surface area (Å²) < 4.78 is 10.3. The second-order valence-corrected chi connectivity index (χ2v) is 4.58. The van der Waals surface area contributed by atoms with Crippen LogP contribution in [0, 0.1) is 0 Å². The molecule has 1 aromatic carbocycles. The molecule has 5 heteroatoms. The molecule has 3 aromatic rings. The molecule has 0 aliphatic carbocycles. The van der Waals surface area contributed by atoms with Gasteiger partial charge in [0.2, 0.25) is 5.82 Å². The number of hydrogen-bond acceptors (Lipinski definition) is 5. The summed E-state index contributed by atoms with van der Waals surface area (Å²) in [6, 6.07) is 11.5. The first-order chi connectivity index (χ1) is 8.86. The van der Waals surface area contributed by atoms with Crippen LogP contribution < -0.4 is 4.74 Å². The third-order valence-electron chi connectivity index (χ3n) is 2.51. The lowest BCUT2D eigenvalue weighted by Crippen LogP contribution is -1.84. The van der Waals surface area contributed by atoms with E-state index in [2.05, 4.69) is 10.1 Å². The summed E-state index contributed by atoms with van der Waals surface area (Å²) >= 11 is 1.57. The predicted octanol–water partition coefficient (Wildman–Crippen LogP) is 3.47. The molecular weight excluding hydrogens is 248 g/mol. The number of thiophene rings is 1. The summed E-state index contributed by atoms with van der Waals surface area (Å²) in [5.41, 5.74) is 0.905. The Morgan fingerprint density at radius 3 is 2.67 bits per heavy atom. The number of hydrogen-bond donors (Lipinski definition) is 0. The van der Waals surface area contributed by atoms with E-state index in [0.29, 0.717) is 11.7 Å². The Hall–Kier alpha value is -2.14. The van der Waals surface area contributed by atoms with Crippen LogP contribution in [0.3, 0.4) is 0 Å². The molecule has 0 amide bonds. The molecule has 0 unspecified atom stereocenters. The van der Waals surface area contributed by atoms with Gasteiger partial charge in [0.05, 0.1) is 12.0 Å². The molecule has 0 bridgehead atoms. The third-order valence-corrected chi connectivity index (χ3v) is 3.36. The second-order valence-electron chi connectivity index (χ2n) is 3.63. The van der Waals surface area contributed by atoms with Crippen LogP contribution in [0.5, 0.6) is 5.75 Å². The van der Waals surface area contributed by atoms with Crippen LogP contribution in [0.15, 0.2) is 46.3 Å². The lowest BCUT2D eigenvalue weighted by Gasteiger charge is -1.98. The molecule has 0 saturated heterocycles. The molecule has 0 N–H and O–H groups in total. The second kappa shape index (κ2) is 4.62. The lowest BCUT2D eigenvalue weighted by atomic mass is 10.2. The van der Waals surface area contributed by atoms with Gasteiger partial charge in [-0.15, -0.1) is 11.3 Å². The zero-order valence-corrected chi connectivity index (χ0v) is 10.5. The number of benzene rings is 1. The molecule has 0 spiro atoms. The van der Waals surface area contributed by atoms with E-state index < -0.39 is 0 Å². The molecule has 18 heavy (non-hydrogen) atoms. The minimum absolute atomic E-state index is 0.552. The summed E-state index contributed by atoms with van der Waals surface area (Å²) in [5.74, 6) is 1.94. The Bertz CT molecular complexity index is 629. The van der Waals surface area contributed by atoms with Gasteiger partial charge >= 0.3 is 0 Å². The molecule has 0 aliphatic rings. The van der Waals surface area contributed by atoms with Gasteiger partial charge in [0, 0.05) is 5.56 Å². The van der Waals surface area contributed by atoms with Gasteiger partial charge in [-0.1, -0.05) is 11.2 Å². The zero-order valence-electron chi connectivity index (χ0n) is 9.66. The molecule has 0 atom stereocenters. The van der Waals surface area contributed by atoms with Crippen LogP contribution in [-0.2, 0) is 0 Å². The van der Waals surface area contributed by atoms with Crippen LogP contribution in [0.1, 0.15) is 0 Å². The highest BCUT2D eigenvalue weighted by molar-refractivity contribution is 7.13. The van der Waals surface area contributed by atoms with E-state index in [1.54, 1.807) is 18.4 Å². The van der Waals surface area contributed by atoms with Gasteiger partial charge in [-0.3, -0.25) is 0 Å². The van der Waals surface area contributed by atoms with Crippen LogP contribution in [-0.4, -0.2) is 17.3 Å². The maximum absolute atomic E-state index is 5.24. The van der Waals surface area contributed by atoms with Crippen LogP contribution in [0.4, 0.5) is 0 Å². The number of aromatic nitrogens is 2. The van der Waals surface area contributed by atoms with Gasteiger partial charge in [-0.2, -0.15) is 4.98 Å². The monoisotopic (exact) mass is 258 g/mol. The van der Waals surface area contributed by atoms with E-state index >= 15 is 0 Å². The summed E-state index contributed by atoms with van der Waals surface area (Å²) in [6.45, 7) is 0. The van der Waals surface area contributed by atoms with E-state index in [0.717, 1.165) is 16.2 Å². The standard InChI is InChI=1S/C13H10N2O2S/c1-16-10-6-4-9(5-7-10)12-14-13(17-15-12)11-3-2-8-18-11/h2-8H,1H3. The van der Waals surface area contributed by atoms with Gasteiger partial charge in [0.25, 0.3) is 5.89 Å². The quantitative estimate of drug-likeness (QED) is 0.721.